The molecule has 0 spiro atoms. The minimum absolute atomic E-state index is 0.218. The summed E-state index contributed by atoms with van der Waals surface area (Å²) in [5.74, 6) is 0.298. The van der Waals surface area contributed by atoms with E-state index >= 15 is 0 Å². The molecule has 2 heterocycles. The molecule has 0 amide bonds. The lowest BCUT2D eigenvalue weighted by atomic mass is 10.0. The number of aromatic nitrogens is 2. The summed E-state index contributed by atoms with van der Waals surface area (Å²) >= 11 is 10.3. The van der Waals surface area contributed by atoms with Gasteiger partial charge in [0.05, 0.1) is 16.0 Å². The summed E-state index contributed by atoms with van der Waals surface area (Å²) in [5, 5.41) is 3.70. The van der Waals surface area contributed by atoms with E-state index in [0.29, 0.717) is 39.9 Å². The third-order valence-electron chi connectivity index (χ3n) is 5.28. The Hall–Kier alpha value is -2.45. The Morgan fingerprint density at radius 3 is 2.42 bits per heavy atom. The largest absolute Gasteiger partial charge is 0.386 e. The van der Waals surface area contributed by atoms with E-state index < -0.39 is 5.82 Å². The molecule has 5 nitrogen and oxygen atoms in total. The summed E-state index contributed by atoms with van der Waals surface area (Å²) in [4.78, 5) is 12.1. The van der Waals surface area contributed by atoms with Crippen molar-refractivity contribution in [1.82, 2.24) is 9.97 Å². The first-order valence-corrected chi connectivity index (χ1v) is 13.1. The van der Waals surface area contributed by atoms with Crippen LogP contribution >= 0.6 is 24.2 Å². The standard InChI is InChI=1S/C17H14ClF2N3.C8H18N2S.C2H6/c1-2-3-10-6-12(4-5-14(10)19)23-17-16-13(15(20)9-22-17)7-11(18)8-21-16;1-4-5-6-8(2,11)7(9)10-3;1-2/h4-9H,2-3H2,1H3,(H,22,23);11H,4-6H2,1-3H3,(H2,9,10);1-2H3/t;8-;/m.0./s1. The van der Waals surface area contributed by atoms with Crippen LogP contribution in [0.1, 0.15) is 65.9 Å². The van der Waals surface area contributed by atoms with Crippen molar-refractivity contribution in [3.8, 4) is 0 Å². The number of unbranched alkanes of at least 4 members (excludes halogenated alkanes) is 1. The molecule has 0 bridgehead atoms. The van der Waals surface area contributed by atoms with E-state index in [1.165, 1.54) is 24.8 Å². The molecule has 0 saturated carbocycles. The van der Waals surface area contributed by atoms with Gasteiger partial charge in [-0.15, -0.1) is 0 Å². The van der Waals surface area contributed by atoms with Crippen LogP contribution in [0.3, 0.4) is 0 Å². The predicted octanol–water partition coefficient (Wildman–Crippen LogP) is 8.14. The topological polar surface area (TPSA) is 76.2 Å². The Balaban J connectivity index is 0.000000423. The number of amidine groups is 1. The van der Waals surface area contributed by atoms with Gasteiger partial charge >= 0.3 is 0 Å². The van der Waals surface area contributed by atoms with E-state index in [4.69, 9.17) is 17.3 Å². The lowest BCUT2D eigenvalue weighted by molar-refractivity contribution is 0.607. The zero-order chi connectivity index (χ0) is 27.3. The molecule has 0 radical (unpaired) electrons. The molecule has 36 heavy (non-hydrogen) atoms. The number of pyridine rings is 2. The van der Waals surface area contributed by atoms with Crippen molar-refractivity contribution in [1.29, 1.82) is 0 Å². The zero-order valence-corrected chi connectivity index (χ0v) is 23.7. The lowest BCUT2D eigenvalue weighted by Gasteiger charge is -2.22. The molecular formula is C27H38ClF2N5S. The van der Waals surface area contributed by atoms with E-state index in [0.717, 1.165) is 25.5 Å². The average molecular weight is 538 g/mol. The van der Waals surface area contributed by atoms with Crippen LogP contribution in [-0.2, 0) is 6.42 Å². The first kappa shape index (κ1) is 31.6. The highest BCUT2D eigenvalue weighted by Gasteiger charge is 2.22. The molecule has 0 aliphatic carbocycles. The molecule has 0 saturated heterocycles. The Bertz CT molecular complexity index is 1140. The van der Waals surface area contributed by atoms with Crippen molar-refractivity contribution < 1.29 is 8.78 Å². The minimum atomic E-state index is -0.494. The minimum Gasteiger partial charge on any atom is -0.386 e. The van der Waals surface area contributed by atoms with Gasteiger partial charge in [0.15, 0.2) is 11.6 Å². The highest BCUT2D eigenvalue weighted by atomic mass is 35.5. The molecule has 3 aromatic rings. The maximum absolute atomic E-state index is 13.9. The number of aryl methyl sites for hydroxylation is 1. The summed E-state index contributed by atoms with van der Waals surface area (Å²) in [6.45, 7) is 10.2. The first-order chi connectivity index (χ1) is 17.1. The van der Waals surface area contributed by atoms with Gasteiger partial charge in [-0.1, -0.05) is 58.6 Å². The van der Waals surface area contributed by atoms with Gasteiger partial charge in [0.1, 0.15) is 17.2 Å². The summed E-state index contributed by atoms with van der Waals surface area (Å²) in [5.41, 5.74) is 7.33. The fourth-order valence-electron chi connectivity index (χ4n) is 3.29. The van der Waals surface area contributed by atoms with Crippen molar-refractivity contribution in [2.75, 3.05) is 12.4 Å². The van der Waals surface area contributed by atoms with E-state index in [1.807, 2.05) is 27.7 Å². The van der Waals surface area contributed by atoms with Gasteiger partial charge in [-0.3, -0.25) is 9.98 Å². The van der Waals surface area contributed by atoms with Crippen LogP contribution in [-0.4, -0.2) is 27.6 Å². The normalized spacial score (nSPS) is 12.7. The lowest BCUT2D eigenvalue weighted by Crippen LogP contribution is -2.35. The predicted molar refractivity (Wildman–Crippen MR) is 154 cm³/mol. The first-order valence-electron chi connectivity index (χ1n) is 12.2. The van der Waals surface area contributed by atoms with Crippen LogP contribution < -0.4 is 11.1 Å². The van der Waals surface area contributed by atoms with E-state index in [2.05, 4.69) is 39.8 Å². The van der Waals surface area contributed by atoms with Gasteiger partial charge in [0, 0.05) is 24.3 Å². The summed E-state index contributed by atoms with van der Waals surface area (Å²) in [6, 6.07) is 6.25. The van der Waals surface area contributed by atoms with Crippen molar-refractivity contribution in [3.63, 3.8) is 0 Å². The van der Waals surface area contributed by atoms with Crippen LogP contribution in [0, 0.1) is 11.6 Å². The molecule has 3 N–H and O–H groups in total. The monoisotopic (exact) mass is 537 g/mol. The number of nitrogens with zero attached hydrogens (tertiary/aromatic N) is 3. The number of rotatable bonds is 8. The molecular weight excluding hydrogens is 500 g/mol. The van der Waals surface area contributed by atoms with Gasteiger partial charge in [-0.25, -0.2) is 13.8 Å². The van der Waals surface area contributed by atoms with E-state index in [9.17, 15) is 8.78 Å². The van der Waals surface area contributed by atoms with Gasteiger partial charge in [-0.2, -0.15) is 12.6 Å². The van der Waals surface area contributed by atoms with Crippen LogP contribution in [0.5, 0.6) is 0 Å². The van der Waals surface area contributed by atoms with Crippen molar-refractivity contribution in [2.45, 2.75) is 71.5 Å². The molecule has 198 valence electrons. The zero-order valence-electron chi connectivity index (χ0n) is 22.0. The van der Waals surface area contributed by atoms with Crippen molar-refractivity contribution >= 4 is 52.5 Å². The van der Waals surface area contributed by atoms with Crippen LogP contribution in [0.4, 0.5) is 20.3 Å². The molecule has 2 aromatic heterocycles. The highest BCUT2D eigenvalue weighted by molar-refractivity contribution is 7.82. The second-order valence-corrected chi connectivity index (χ2v) is 9.60. The number of benzene rings is 1. The molecule has 3 rings (SSSR count). The maximum atomic E-state index is 13.9. The second kappa shape index (κ2) is 15.6. The van der Waals surface area contributed by atoms with Crippen LogP contribution in [0.15, 0.2) is 41.7 Å². The van der Waals surface area contributed by atoms with Crippen LogP contribution in [0.25, 0.3) is 10.9 Å². The smallest absolute Gasteiger partial charge is 0.157 e. The van der Waals surface area contributed by atoms with Gasteiger partial charge in [0.2, 0.25) is 0 Å². The molecule has 0 unspecified atom stereocenters. The Kier molecular flexibility index (Phi) is 13.7. The Morgan fingerprint density at radius 1 is 1.11 bits per heavy atom. The molecule has 1 atom stereocenters. The molecule has 0 fully saturated rings. The summed E-state index contributed by atoms with van der Waals surface area (Å²) < 4.78 is 27.4. The van der Waals surface area contributed by atoms with Gasteiger partial charge < -0.3 is 11.1 Å². The fraction of sp³-hybridized carbons (Fsp3) is 0.444. The number of halogens is 3. The third kappa shape index (κ3) is 9.21. The maximum Gasteiger partial charge on any atom is 0.157 e. The number of anilines is 2. The summed E-state index contributed by atoms with van der Waals surface area (Å²) in [7, 11) is 1.70. The molecule has 1 aromatic carbocycles. The van der Waals surface area contributed by atoms with Crippen molar-refractivity contribution in [3.05, 3.63) is 58.9 Å². The van der Waals surface area contributed by atoms with E-state index in [1.54, 1.807) is 19.2 Å². The number of hydrogen-bond donors (Lipinski definition) is 3. The summed E-state index contributed by atoms with van der Waals surface area (Å²) in [6.07, 6.45) is 7.35. The Morgan fingerprint density at radius 2 is 1.81 bits per heavy atom. The average Bonchev–Trinajstić information content (AvgIpc) is 2.87. The Labute approximate surface area is 224 Å². The highest BCUT2D eigenvalue weighted by Crippen LogP contribution is 2.27. The van der Waals surface area contributed by atoms with Crippen molar-refractivity contribution in [2.24, 2.45) is 10.7 Å². The second-order valence-electron chi connectivity index (χ2n) is 8.17. The molecule has 9 heteroatoms. The number of thiol groups is 1. The van der Waals surface area contributed by atoms with E-state index in [-0.39, 0.29) is 16.0 Å². The number of nitrogens with one attached hydrogen (secondary N) is 1. The third-order valence-corrected chi connectivity index (χ3v) is 5.94. The molecule has 0 aliphatic heterocycles. The van der Waals surface area contributed by atoms with Gasteiger partial charge in [-0.05, 0) is 49.6 Å². The SMILES string of the molecule is CC.CCCC[C@](C)(S)C(N)=NC.CCCc1cc(Nc2ncc(F)c3cc(Cl)cnc23)ccc1F. The number of aliphatic imine (C=N–C) groups is 1. The quantitative estimate of drug-likeness (QED) is 0.154. The number of fused-ring (bicyclic) bond motifs is 1. The molecule has 0 aliphatic rings. The van der Waals surface area contributed by atoms with Crippen LogP contribution in [0.2, 0.25) is 5.02 Å². The van der Waals surface area contributed by atoms with Gasteiger partial charge in [0.25, 0.3) is 0 Å². The number of nitrogens with two attached hydrogens (primary N) is 1. The number of hydrogen-bond acceptors (Lipinski definition) is 5. The fourth-order valence-corrected chi connectivity index (χ4v) is 3.71.